The van der Waals surface area contributed by atoms with Crippen LogP contribution in [0.25, 0.3) is 0 Å². The SMILES string of the molecule is C/C=C/COc1cc(C)c(OCCCCOc2cc(C)c(C(C)=NOC)c(C)c2)c(C)c1. The summed E-state index contributed by atoms with van der Waals surface area (Å²) in [5, 5.41) is 4.05. The summed E-state index contributed by atoms with van der Waals surface area (Å²) >= 11 is 0. The zero-order chi connectivity index (χ0) is 23.5. The molecule has 0 aliphatic heterocycles. The number of oxime groups is 1. The molecule has 0 unspecified atom stereocenters. The first-order valence-corrected chi connectivity index (χ1v) is 11.2. The average molecular weight is 440 g/mol. The van der Waals surface area contributed by atoms with E-state index in [1.54, 1.807) is 7.11 Å². The standard InChI is InChI=1S/C27H37NO4/c1-8-9-12-30-25-17-21(4)27(22(5)18-25)32-14-11-10-13-31-24-15-19(2)26(20(3)16-24)23(6)28-29-7/h8-9,15-18H,10-14H2,1-7H3/b9-8+,28-23?. The van der Waals surface area contributed by atoms with E-state index < -0.39 is 0 Å². The van der Waals surface area contributed by atoms with Gasteiger partial charge in [0.1, 0.15) is 31.0 Å². The van der Waals surface area contributed by atoms with E-state index in [1.165, 1.54) is 0 Å². The molecule has 0 fully saturated rings. The van der Waals surface area contributed by atoms with E-state index in [-0.39, 0.29) is 0 Å². The summed E-state index contributed by atoms with van der Waals surface area (Å²) in [5.74, 6) is 2.70. The van der Waals surface area contributed by atoms with Gasteiger partial charge in [-0.2, -0.15) is 0 Å². The first-order valence-electron chi connectivity index (χ1n) is 11.2. The minimum Gasteiger partial charge on any atom is -0.494 e. The molecule has 0 heterocycles. The summed E-state index contributed by atoms with van der Waals surface area (Å²) in [4.78, 5) is 4.91. The normalized spacial score (nSPS) is 11.7. The molecule has 5 nitrogen and oxygen atoms in total. The van der Waals surface area contributed by atoms with Crippen molar-refractivity contribution in [3.05, 3.63) is 64.2 Å². The van der Waals surface area contributed by atoms with Crippen LogP contribution in [-0.2, 0) is 4.84 Å². The highest BCUT2D eigenvalue weighted by molar-refractivity contribution is 6.01. The minimum atomic E-state index is 0.581. The van der Waals surface area contributed by atoms with Crippen LogP contribution in [0.1, 0.15) is 54.5 Å². The lowest BCUT2D eigenvalue weighted by atomic mass is 9.99. The molecule has 2 aromatic carbocycles. The zero-order valence-electron chi connectivity index (χ0n) is 20.6. The minimum absolute atomic E-state index is 0.581. The van der Waals surface area contributed by atoms with E-state index >= 15 is 0 Å². The van der Waals surface area contributed by atoms with Gasteiger partial charge in [-0.05, 0) is 101 Å². The predicted octanol–water partition coefficient (Wildman–Crippen LogP) is 6.48. The van der Waals surface area contributed by atoms with E-state index in [0.29, 0.717) is 19.8 Å². The molecule has 2 rings (SSSR count). The number of ether oxygens (including phenoxy) is 3. The van der Waals surface area contributed by atoms with Crippen molar-refractivity contribution in [1.29, 1.82) is 0 Å². The van der Waals surface area contributed by atoms with E-state index in [0.717, 1.165) is 63.6 Å². The van der Waals surface area contributed by atoms with Crippen LogP contribution in [0.15, 0.2) is 41.6 Å². The lowest BCUT2D eigenvalue weighted by molar-refractivity contribution is 0.213. The maximum absolute atomic E-state index is 6.05. The van der Waals surface area contributed by atoms with E-state index in [2.05, 4.69) is 45.0 Å². The van der Waals surface area contributed by atoms with Gasteiger partial charge < -0.3 is 19.0 Å². The first-order chi connectivity index (χ1) is 15.4. The molecule has 0 radical (unpaired) electrons. The average Bonchev–Trinajstić information content (AvgIpc) is 2.72. The molecule has 0 bridgehead atoms. The highest BCUT2D eigenvalue weighted by atomic mass is 16.6. The third-order valence-electron chi connectivity index (χ3n) is 5.17. The van der Waals surface area contributed by atoms with Crippen LogP contribution in [0.4, 0.5) is 0 Å². The summed E-state index contributed by atoms with van der Waals surface area (Å²) in [6.07, 6.45) is 5.82. The molecule has 0 spiro atoms. The quantitative estimate of drug-likeness (QED) is 0.164. The summed E-state index contributed by atoms with van der Waals surface area (Å²) < 4.78 is 17.8. The number of aryl methyl sites for hydroxylation is 4. The van der Waals surface area contributed by atoms with Crippen LogP contribution in [-0.4, -0.2) is 32.6 Å². The van der Waals surface area contributed by atoms with Gasteiger partial charge >= 0.3 is 0 Å². The Morgan fingerprint density at radius 2 is 1.34 bits per heavy atom. The summed E-state index contributed by atoms with van der Waals surface area (Å²) in [5.41, 5.74) is 6.42. The molecule has 0 amide bonds. The lowest BCUT2D eigenvalue weighted by Crippen LogP contribution is -2.06. The number of rotatable bonds is 12. The Balaban J connectivity index is 1.81. The fourth-order valence-corrected chi connectivity index (χ4v) is 3.79. The summed E-state index contributed by atoms with van der Waals surface area (Å²) in [7, 11) is 1.56. The van der Waals surface area contributed by atoms with Crippen LogP contribution in [0.3, 0.4) is 0 Å². The van der Waals surface area contributed by atoms with Gasteiger partial charge in [0.05, 0.1) is 18.9 Å². The van der Waals surface area contributed by atoms with E-state index in [1.807, 2.05) is 38.1 Å². The van der Waals surface area contributed by atoms with Crippen LogP contribution >= 0.6 is 0 Å². The Morgan fingerprint density at radius 3 is 1.91 bits per heavy atom. The molecular weight excluding hydrogens is 402 g/mol. The van der Waals surface area contributed by atoms with Crippen molar-refractivity contribution < 1.29 is 19.0 Å². The maximum atomic E-state index is 6.05. The molecule has 32 heavy (non-hydrogen) atoms. The van der Waals surface area contributed by atoms with Gasteiger partial charge in [-0.15, -0.1) is 0 Å². The van der Waals surface area contributed by atoms with Gasteiger partial charge in [0.2, 0.25) is 0 Å². The summed E-state index contributed by atoms with van der Waals surface area (Å²) in [6.45, 7) is 14.1. The highest BCUT2D eigenvalue weighted by Gasteiger charge is 2.10. The summed E-state index contributed by atoms with van der Waals surface area (Å²) in [6, 6.07) is 8.17. The van der Waals surface area contributed by atoms with Crippen molar-refractivity contribution in [3.63, 3.8) is 0 Å². The van der Waals surface area contributed by atoms with Gasteiger partial charge in [-0.3, -0.25) is 0 Å². The third kappa shape index (κ3) is 7.33. The van der Waals surface area contributed by atoms with Gasteiger partial charge in [0.15, 0.2) is 0 Å². The number of allylic oxidation sites excluding steroid dienone is 1. The lowest BCUT2D eigenvalue weighted by Gasteiger charge is -2.15. The van der Waals surface area contributed by atoms with Crippen LogP contribution < -0.4 is 14.2 Å². The predicted molar refractivity (Wildman–Crippen MR) is 132 cm³/mol. The van der Waals surface area contributed by atoms with Gasteiger partial charge in [0.25, 0.3) is 0 Å². The Hall–Kier alpha value is -2.95. The smallest absolute Gasteiger partial charge is 0.125 e. The Bertz CT molecular complexity index is 901. The molecule has 0 aromatic heterocycles. The van der Waals surface area contributed by atoms with Crippen LogP contribution in [0.5, 0.6) is 17.2 Å². The molecule has 0 saturated carbocycles. The second kappa shape index (κ2) is 12.8. The van der Waals surface area contributed by atoms with Crippen molar-refractivity contribution in [3.8, 4) is 17.2 Å². The van der Waals surface area contributed by atoms with Crippen LogP contribution in [0.2, 0.25) is 0 Å². The fraction of sp³-hybridized carbons (Fsp3) is 0.444. The Morgan fingerprint density at radius 1 is 0.812 bits per heavy atom. The zero-order valence-corrected chi connectivity index (χ0v) is 20.6. The van der Waals surface area contributed by atoms with E-state index in [9.17, 15) is 0 Å². The van der Waals surface area contributed by atoms with Crippen molar-refractivity contribution in [1.82, 2.24) is 0 Å². The number of hydrogen-bond acceptors (Lipinski definition) is 5. The monoisotopic (exact) mass is 439 g/mol. The molecule has 0 saturated heterocycles. The fourth-order valence-electron chi connectivity index (χ4n) is 3.79. The Labute approximate surface area is 193 Å². The molecule has 0 aliphatic carbocycles. The molecule has 0 N–H and O–H groups in total. The topological polar surface area (TPSA) is 49.3 Å². The number of benzene rings is 2. The van der Waals surface area contributed by atoms with Crippen molar-refractivity contribution >= 4 is 5.71 Å². The first kappa shape index (κ1) is 25.3. The van der Waals surface area contributed by atoms with E-state index in [4.69, 9.17) is 19.0 Å². The van der Waals surface area contributed by atoms with Crippen molar-refractivity contribution in [2.24, 2.45) is 5.16 Å². The maximum Gasteiger partial charge on any atom is 0.125 e. The number of nitrogens with zero attached hydrogens (tertiary/aromatic N) is 1. The van der Waals surface area contributed by atoms with Crippen molar-refractivity contribution in [2.45, 2.75) is 54.4 Å². The molecule has 0 atom stereocenters. The Kier molecular flexibility index (Phi) is 10.1. The number of unbranched alkanes of at least 4 members (excludes halogenated alkanes) is 1. The second-order valence-corrected chi connectivity index (χ2v) is 7.96. The number of hydrogen-bond donors (Lipinski definition) is 0. The largest absolute Gasteiger partial charge is 0.494 e. The second-order valence-electron chi connectivity index (χ2n) is 7.96. The van der Waals surface area contributed by atoms with Gasteiger partial charge in [-0.25, -0.2) is 0 Å². The van der Waals surface area contributed by atoms with Crippen molar-refractivity contribution in [2.75, 3.05) is 26.9 Å². The molecular formula is C27H37NO4. The molecule has 5 heteroatoms. The van der Waals surface area contributed by atoms with Gasteiger partial charge in [-0.1, -0.05) is 17.3 Å². The molecule has 0 aliphatic rings. The highest BCUT2D eigenvalue weighted by Crippen LogP contribution is 2.29. The molecule has 174 valence electrons. The van der Waals surface area contributed by atoms with Crippen LogP contribution in [0, 0.1) is 27.7 Å². The molecule has 2 aromatic rings. The van der Waals surface area contributed by atoms with Gasteiger partial charge in [0, 0.05) is 5.56 Å². The third-order valence-corrected chi connectivity index (χ3v) is 5.17.